The van der Waals surface area contributed by atoms with Gasteiger partial charge in [0.15, 0.2) is 0 Å². The van der Waals surface area contributed by atoms with Gasteiger partial charge in [-0.2, -0.15) is 0 Å². The summed E-state index contributed by atoms with van der Waals surface area (Å²) in [7, 11) is 0. The molecule has 1 rings (SSSR count). The van der Waals surface area contributed by atoms with E-state index in [0.717, 1.165) is 19.5 Å². The third-order valence-corrected chi connectivity index (χ3v) is 2.15. The maximum atomic E-state index is 11.2. The van der Waals surface area contributed by atoms with Gasteiger partial charge >= 0.3 is 6.09 Å². The van der Waals surface area contributed by atoms with Crippen LogP contribution >= 0.6 is 0 Å². The maximum absolute atomic E-state index is 11.2. The van der Waals surface area contributed by atoms with Crippen LogP contribution in [-0.4, -0.2) is 37.2 Å². The van der Waals surface area contributed by atoms with Crippen LogP contribution in [0.25, 0.3) is 0 Å². The number of likely N-dealkylation sites (tertiary alicyclic amines) is 1. The topological polar surface area (TPSA) is 55.6 Å². The first-order chi connectivity index (χ1) is 5.77. The van der Waals surface area contributed by atoms with Crippen molar-refractivity contribution in [3.63, 3.8) is 0 Å². The van der Waals surface area contributed by atoms with Crippen molar-refractivity contribution < 1.29 is 9.53 Å². The Morgan fingerprint density at radius 2 is 2.50 bits per heavy atom. The first kappa shape index (κ1) is 9.32. The Bertz CT molecular complexity index is 161. The maximum Gasteiger partial charge on any atom is 0.409 e. The summed E-state index contributed by atoms with van der Waals surface area (Å²) in [6.45, 7) is 4.48. The largest absolute Gasteiger partial charge is 0.450 e. The molecule has 0 aromatic carbocycles. The highest BCUT2D eigenvalue weighted by atomic mass is 16.6. The van der Waals surface area contributed by atoms with Gasteiger partial charge in [-0.25, -0.2) is 4.79 Å². The number of nitrogens with two attached hydrogens (primary N) is 1. The minimum Gasteiger partial charge on any atom is -0.450 e. The predicted molar refractivity (Wildman–Crippen MR) is 45.8 cm³/mol. The lowest BCUT2D eigenvalue weighted by Gasteiger charge is -2.14. The van der Waals surface area contributed by atoms with Crippen molar-refractivity contribution in [1.82, 2.24) is 4.90 Å². The van der Waals surface area contributed by atoms with Crippen molar-refractivity contribution in [2.75, 3.05) is 26.2 Å². The highest BCUT2D eigenvalue weighted by molar-refractivity contribution is 5.67. The Kier molecular flexibility index (Phi) is 3.34. The molecule has 0 aliphatic carbocycles. The second kappa shape index (κ2) is 4.30. The molecule has 0 radical (unpaired) electrons. The smallest absolute Gasteiger partial charge is 0.409 e. The summed E-state index contributed by atoms with van der Waals surface area (Å²) in [6, 6.07) is 0. The van der Waals surface area contributed by atoms with E-state index in [4.69, 9.17) is 10.5 Å². The fourth-order valence-corrected chi connectivity index (χ4v) is 1.41. The number of nitrogens with zero attached hydrogens (tertiary/aromatic N) is 1. The van der Waals surface area contributed by atoms with Crippen LogP contribution < -0.4 is 5.73 Å². The van der Waals surface area contributed by atoms with E-state index in [1.807, 2.05) is 6.92 Å². The molecule has 1 atom stereocenters. The standard InChI is InChI=1S/C8H16N2O2/c1-2-12-8(11)10-4-3-7(5-9)6-10/h7H,2-6,9H2,1H3/t7-/m1/s1. The third-order valence-electron chi connectivity index (χ3n) is 2.15. The minimum absolute atomic E-state index is 0.201. The molecule has 0 aromatic heterocycles. The Morgan fingerprint density at radius 3 is 3.00 bits per heavy atom. The Hall–Kier alpha value is -0.770. The van der Waals surface area contributed by atoms with Gasteiger partial charge in [0.2, 0.25) is 0 Å². The van der Waals surface area contributed by atoms with Crippen LogP contribution in [-0.2, 0) is 4.74 Å². The van der Waals surface area contributed by atoms with Gasteiger partial charge in [-0.15, -0.1) is 0 Å². The van der Waals surface area contributed by atoms with Crippen molar-refractivity contribution in [3.8, 4) is 0 Å². The van der Waals surface area contributed by atoms with Gasteiger partial charge in [0.1, 0.15) is 0 Å². The molecule has 1 aliphatic rings. The lowest BCUT2D eigenvalue weighted by Crippen LogP contribution is -2.30. The fraction of sp³-hybridized carbons (Fsp3) is 0.875. The third kappa shape index (κ3) is 2.11. The Balaban J connectivity index is 2.31. The van der Waals surface area contributed by atoms with E-state index in [1.165, 1.54) is 0 Å². The van der Waals surface area contributed by atoms with E-state index in [-0.39, 0.29) is 6.09 Å². The van der Waals surface area contributed by atoms with E-state index in [0.29, 0.717) is 19.1 Å². The number of amides is 1. The first-order valence-electron chi connectivity index (χ1n) is 4.39. The Morgan fingerprint density at radius 1 is 1.75 bits per heavy atom. The number of hydrogen-bond acceptors (Lipinski definition) is 3. The Labute approximate surface area is 72.7 Å². The predicted octanol–water partition coefficient (Wildman–Crippen LogP) is 0.424. The average Bonchev–Trinajstić information content (AvgIpc) is 2.52. The summed E-state index contributed by atoms with van der Waals surface area (Å²) in [6.07, 6.45) is 0.809. The number of hydrogen-bond donors (Lipinski definition) is 1. The van der Waals surface area contributed by atoms with Crippen LogP contribution in [0, 0.1) is 5.92 Å². The lowest BCUT2D eigenvalue weighted by molar-refractivity contribution is 0.114. The molecule has 70 valence electrons. The molecule has 0 aromatic rings. The average molecular weight is 172 g/mol. The summed E-state index contributed by atoms with van der Waals surface area (Å²) < 4.78 is 4.86. The van der Waals surface area contributed by atoms with Crippen LogP contribution in [0.3, 0.4) is 0 Å². The molecule has 2 N–H and O–H groups in total. The molecule has 0 bridgehead atoms. The van der Waals surface area contributed by atoms with E-state index in [9.17, 15) is 4.79 Å². The summed E-state index contributed by atoms with van der Waals surface area (Å²) in [4.78, 5) is 12.9. The van der Waals surface area contributed by atoms with Gasteiger partial charge < -0.3 is 15.4 Å². The minimum atomic E-state index is -0.201. The highest BCUT2D eigenvalue weighted by Gasteiger charge is 2.25. The van der Waals surface area contributed by atoms with Crippen molar-refractivity contribution in [1.29, 1.82) is 0 Å². The second-order valence-electron chi connectivity index (χ2n) is 3.04. The van der Waals surface area contributed by atoms with Gasteiger partial charge in [-0.05, 0) is 25.8 Å². The van der Waals surface area contributed by atoms with Gasteiger partial charge in [-0.1, -0.05) is 0 Å². The summed E-state index contributed by atoms with van der Waals surface area (Å²) in [5.41, 5.74) is 5.49. The number of carbonyl (C=O) groups excluding carboxylic acids is 1. The number of rotatable bonds is 2. The van der Waals surface area contributed by atoms with Gasteiger partial charge in [-0.3, -0.25) is 0 Å². The van der Waals surface area contributed by atoms with Crippen LogP contribution in [0.1, 0.15) is 13.3 Å². The van der Waals surface area contributed by atoms with Crippen molar-refractivity contribution in [2.24, 2.45) is 11.7 Å². The van der Waals surface area contributed by atoms with E-state index in [1.54, 1.807) is 4.90 Å². The fourth-order valence-electron chi connectivity index (χ4n) is 1.41. The number of carbonyl (C=O) groups is 1. The number of ether oxygens (including phenoxy) is 1. The SMILES string of the molecule is CCOC(=O)N1CC[C@H](CN)C1. The monoisotopic (exact) mass is 172 g/mol. The van der Waals surface area contributed by atoms with Crippen LogP contribution in [0.5, 0.6) is 0 Å². The molecule has 4 nitrogen and oxygen atoms in total. The molecular weight excluding hydrogens is 156 g/mol. The van der Waals surface area contributed by atoms with E-state index < -0.39 is 0 Å². The quantitative estimate of drug-likeness (QED) is 0.657. The molecule has 12 heavy (non-hydrogen) atoms. The zero-order chi connectivity index (χ0) is 8.97. The molecule has 1 amide bonds. The summed E-state index contributed by atoms with van der Waals surface area (Å²) >= 11 is 0. The highest BCUT2D eigenvalue weighted by Crippen LogP contribution is 2.15. The van der Waals surface area contributed by atoms with Crippen LogP contribution in [0.2, 0.25) is 0 Å². The first-order valence-corrected chi connectivity index (χ1v) is 4.39. The molecule has 4 heteroatoms. The molecule has 1 aliphatic heterocycles. The van der Waals surface area contributed by atoms with Crippen LogP contribution in [0.4, 0.5) is 4.79 Å². The van der Waals surface area contributed by atoms with Gasteiger partial charge in [0, 0.05) is 13.1 Å². The zero-order valence-electron chi connectivity index (χ0n) is 7.45. The van der Waals surface area contributed by atoms with Crippen molar-refractivity contribution >= 4 is 6.09 Å². The van der Waals surface area contributed by atoms with Gasteiger partial charge in [0.05, 0.1) is 6.61 Å². The van der Waals surface area contributed by atoms with Crippen molar-refractivity contribution in [3.05, 3.63) is 0 Å². The summed E-state index contributed by atoms with van der Waals surface area (Å²) in [5.74, 6) is 0.467. The zero-order valence-corrected chi connectivity index (χ0v) is 7.45. The molecule has 0 unspecified atom stereocenters. The van der Waals surface area contributed by atoms with Crippen LogP contribution in [0.15, 0.2) is 0 Å². The molecule has 0 saturated carbocycles. The molecule has 1 saturated heterocycles. The van der Waals surface area contributed by atoms with E-state index >= 15 is 0 Å². The molecule has 1 heterocycles. The lowest BCUT2D eigenvalue weighted by atomic mass is 10.1. The van der Waals surface area contributed by atoms with Crippen molar-refractivity contribution in [2.45, 2.75) is 13.3 Å². The second-order valence-corrected chi connectivity index (χ2v) is 3.04. The van der Waals surface area contributed by atoms with Gasteiger partial charge in [0.25, 0.3) is 0 Å². The molecule has 1 fully saturated rings. The molecular formula is C8H16N2O2. The summed E-state index contributed by atoms with van der Waals surface area (Å²) in [5, 5.41) is 0. The van der Waals surface area contributed by atoms with E-state index in [2.05, 4.69) is 0 Å². The normalized spacial score (nSPS) is 22.8. The molecule has 0 spiro atoms.